The summed E-state index contributed by atoms with van der Waals surface area (Å²) in [6, 6.07) is 21.6. The number of rotatable bonds is 8. The van der Waals surface area contributed by atoms with E-state index in [1.54, 1.807) is 31.4 Å². The zero-order chi connectivity index (χ0) is 26.7. The molecule has 0 aromatic heterocycles. The lowest BCUT2D eigenvalue weighted by molar-refractivity contribution is -0.132. The number of aliphatic hydroxyl groups excluding tert-OH is 1. The van der Waals surface area contributed by atoms with Crippen molar-refractivity contribution in [3.05, 3.63) is 95.1 Å². The van der Waals surface area contributed by atoms with Crippen LogP contribution in [0.15, 0.2) is 78.4 Å². The third-order valence-electron chi connectivity index (χ3n) is 6.98. The van der Waals surface area contributed by atoms with Gasteiger partial charge in [-0.05, 0) is 79.4 Å². The predicted octanol–water partition coefficient (Wildman–Crippen LogP) is 6.29. The normalized spacial score (nSPS) is 16.9. The standard InChI is InChI=1S/C31H34N2O4/c1-6-32(7-2)24-14-10-22(11-15-24)28-27(29(34)23-12-18-26(37-5)19-13-23)30(35)31(36)33(28)25-16-8-21(9-17-25)20(3)4/h8-20,28,34H,6-7H2,1-5H3/b29-27-. The Morgan fingerprint density at radius 1 is 0.919 bits per heavy atom. The number of Topliss-reactive ketones (excluding diaryl/α,β-unsaturated/α-hetero) is 1. The van der Waals surface area contributed by atoms with Crippen LogP contribution in [0.25, 0.3) is 5.76 Å². The zero-order valence-corrected chi connectivity index (χ0v) is 22.1. The maximum atomic E-state index is 13.4. The lowest BCUT2D eigenvalue weighted by Gasteiger charge is -2.27. The van der Waals surface area contributed by atoms with Gasteiger partial charge in [0.2, 0.25) is 0 Å². The molecule has 192 valence electrons. The summed E-state index contributed by atoms with van der Waals surface area (Å²) < 4.78 is 5.22. The van der Waals surface area contributed by atoms with Crippen LogP contribution in [0.4, 0.5) is 11.4 Å². The van der Waals surface area contributed by atoms with Crippen molar-refractivity contribution in [2.24, 2.45) is 0 Å². The highest BCUT2D eigenvalue weighted by atomic mass is 16.5. The Hall–Kier alpha value is -4.06. The molecule has 1 heterocycles. The van der Waals surface area contributed by atoms with Gasteiger partial charge in [-0.1, -0.05) is 38.1 Å². The van der Waals surface area contributed by atoms with Crippen molar-refractivity contribution in [2.75, 3.05) is 30.0 Å². The summed E-state index contributed by atoms with van der Waals surface area (Å²) in [4.78, 5) is 30.6. The average Bonchev–Trinajstić information content (AvgIpc) is 3.19. The Balaban J connectivity index is 1.87. The van der Waals surface area contributed by atoms with Crippen LogP contribution >= 0.6 is 0 Å². The van der Waals surface area contributed by atoms with Gasteiger partial charge in [0, 0.05) is 30.0 Å². The molecule has 6 nitrogen and oxygen atoms in total. The molecule has 1 aliphatic heterocycles. The minimum atomic E-state index is -0.766. The summed E-state index contributed by atoms with van der Waals surface area (Å²) in [5.74, 6) is -0.613. The van der Waals surface area contributed by atoms with Crippen LogP contribution in [0.5, 0.6) is 5.75 Å². The maximum absolute atomic E-state index is 13.4. The van der Waals surface area contributed by atoms with Crippen molar-refractivity contribution >= 4 is 28.8 Å². The summed E-state index contributed by atoms with van der Waals surface area (Å²) >= 11 is 0. The van der Waals surface area contributed by atoms with Gasteiger partial charge in [0.05, 0.1) is 18.7 Å². The summed E-state index contributed by atoms with van der Waals surface area (Å²) in [5, 5.41) is 11.3. The molecule has 0 radical (unpaired) electrons. The molecular weight excluding hydrogens is 464 g/mol. The number of methoxy groups -OCH3 is 1. The topological polar surface area (TPSA) is 70.1 Å². The smallest absolute Gasteiger partial charge is 0.300 e. The van der Waals surface area contributed by atoms with E-state index in [9.17, 15) is 14.7 Å². The fourth-order valence-corrected chi connectivity index (χ4v) is 4.79. The first-order valence-corrected chi connectivity index (χ1v) is 12.7. The molecule has 0 spiro atoms. The van der Waals surface area contributed by atoms with E-state index in [2.05, 4.69) is 32.6 Å². The van der Waals surface area contributed by atoms with Gasteiger partial charge in [-0.25, -0.2) is 0 Å². The number of hydrogen-bond donors (Lipinski definition) is 1. The summed E-state index contributed by atoms with van der Waals surface area (Å²) in [7, 11) is 1.56. The Morgan fingerprint density at radius 3 is 2.03 bits per heavy atom. The number of benzene rings is 3. The Morgan fingerprint density at radius 2 is 1.51 bits per heavy atom. The van der Waals surface area contributed by atoms with E-state index in [1.807, 2.05) is 48.5 Å². The number of ketones is 1. The zero-order valence-electron chi connectivity index (χ0n) is 22.1. The lowest BCUT2D eigenvalue weighted by atomic mass is 9.94. The molecule has 4 rings (SSSR count). The molecule has 37 heavy (non-hydrogen) atoms. The summed E-state index contributed by atoms with van der Waals surface area (Å²) in [5.41, 5.74) is 4.06. The fourth-order valence-electron chi connectivity index (χ4n) is 4.79. The number of ether oxygens (including phenoxy) is 1. The van der Waals surface area contributed by atoms with Gasteiger partial charge < -0.3 is 14.7 Å². The van der Waals surface area contributed by atoms with Crippen LogP contribution in [0.2, 0.25) is 0 Å². The van der Waals surface area contributed by atoms with Crippen LogP contribution in [0, 0.1) is 0 Å². The van der Waals surface area contributed by atoms with Crippen molar-refractivity contribution in [1.82, 2.24) is 0 Å². The molecule has 1 amide bonds. The van der Waals surface area contributed by atoms with E-state index in [0.29, 0.717) is 22.9 Å². The first kappa shape index (κ1) is 26.0. The van der Waals surface area contributed by atoms with Crippen LogP contribution in [-0.2, 0) is 9.59 Å². The Bertz CT molecular complexity index is 1290. The SMILES string of the molecule is CCN(CC)c1ccc(C2/C(=C(/O)c3ccc(OC)cc3)C(=O)C(=O)N2c2ccc(C(C)C)cc2)cc1. The molecule has 6 heteroatoms. The van der Waals surface area contributed by atoms with Crippen LogP contribution in [-0.4, -0.2) is 37.0 Å². The molecule has 1 saturated heterocycles. The molecule has 0 aliphatic carbocycles. The Labute approximate surface area is 218 Å². The van der Waals surface area contributed by atoms with E-state index >= 15 is 0 Å². The van der Waals surface area contributed by atoms with E-state index in [4.69, 9.17) is 4.74 Å². The molecule has 1 atom stereocenters. The van der Waals surface area contributed by atoms with Crippen molar-refractivity contribution in [2.45, 2.75) is 39.7 Å². The highest BCUT2D eigenvalue weighted by Crippen LogP contribution is 2.42. The monoisotopic (exact) mass is 498 g/mol. The molecule has 3 aromatic rings. The molecule has 1 N–H and O–H groups in total. The summed E-state index contributed by atoms with van der Waals surface area (Å²) in [6.07, 6.45) is 0. The van der Waals surface area contributed by atoms with Crippen LogP contribution in [0.3, 0.4) is 0 Å². The van der Waals surface area contributed by atoms with Crippen LogP contribution in [0.1, 0.15) is 56.3 Å². The van der Waals surface area contributed by atoms with Gasteiger partial charge in [0.1, 0.15) is 11.5 Å². The van der Waals surface area contributed by atoms with Gasteiger partial charge in [0.15, 0.2) is 0 Å². The van der Waals surface area contributed by atoms with E-state index < -0.39 is 17.7 Å². The lowest BCUT2D eigenvalue weighted by Crippen LogP contribution is -2.29. The first-order valence-electron chi connectivity index (χ1n) is 12.7. The average molecular weight is 499 g/mol. The van der Waals surface area contributed by atoms with Crippen molar-refractivity contribution in [3.8, 4) is 5.75 Å². The number of carbonyl (C=O) groups is 2. The third-order valence-corrected chi connectivity index (χ3v) is 6.98. The molecule has 0 bridgehead atoms. The second kappa shape index (κ2) is 10.9. The van der Waals surface area contributed by atoms with E-state index in [0.717, 1.165) is 29.9 Å². The predicted molar refractivity (Wildman–Crippen MR) is 148 cm³/mol. The second-order valence-corrected chi connectivity index (χ2v) is 9.41. The van der Waals surface area contributed by atoms with Gasteiger partial charge in [-0.2, -0.15) is 0 Å². The highest BCUT2D eigenvalue weighted by molar-refractivity contribution is 6.51. The van der Waals surface area contributed by atoms with Gasteiger partial charge >= 0.3 is 0 Å². The van der Waals surface area contributed by atoms with Crippen molar-refractivity contribution < 1.29 is 19.4 Å². The number of nitrogens with zero attached hydrogens (tertiary/aromatic N) is 2. The third kappa shape index (κ3) is 4.96. The quantitative estimate of drug-likeness (QED) is 0.224. The minimum Gasteiger partial charge on any atom is -0.507 e. The molecule has 0 saturated carbocycles. The number of aliphatic hydroxyl groups is 1. The fraction of sp³-hybridized carbons (Fsp3) is 0.290. The maximum Gasteiger partial charge on any atom is 0.300 e. The van der Waals surface area contributed by atoms with Gasteiger partial charge in [-0.15, -0.1) is 0 Å². The van der Waals surface area contributed by atoms with Crippen LogP contribution < -0.4 is 14.5 Å². The molecule has 1 fully saturated rings. The molecule has 1 unspecified atom stereocenters. The van der Waals surface area contributed by atoms with Gasteiger partial charge in [-0.3, -0.25) is 14.5 Å². The minimum absolute atomic E-state index is 0.0682. The number of anilines is 2. The Kier molecular flexibility index (Phi) is 7.67. The molecule has 1 aliphatic rings. The second-order valence-electron chi connectivity index (χ2n) is 9.41. The number of hydrogen-bond acceptors (Lipinski definition) is 5. The highest BCUT2D eigenvalue weighted by Gasteiger charge is 2.47. The van der Waals surface area contributed by atoms with Crippen molar-refractivity contribution in [3.63, 3.8) is 0 Å². The van der Waals surface area contributed by atoms with E-state index in [1.165, 1.54) is 4.90 Å². The van der Waals surface area contributed by atoms with Crippen molar-refractivity contribution in [1.29, 1.82) is 0 Å². The largest absolute Gasteiger partial charge is 0.507 e. The summed E-state index contributed by atoms with van der Waals surface area (Å²) in [6.45, 7) is 10.1. The van der Waals surface area contributed by atoms with E-state index in [-0.39, 0.29) is 11.3 Å². The number of carbonyl (C=O) groups excluding carboxylic acids is 2. The first-order chi connectivity index (χ1) is 17.8. The van der Waals surface area contributed by atoms with Gasteiger partial charge in [0.25, 0.3) is 11.7 Å². The molecule has 3 aromatic carbocycles. The molecular formula is C31H34N2O4. The number of amides is 1.